The van der Waals surface area contributed by atoms with Gasteiger partial charge in [0.05, 0.1) is 6.04 Å². The van der Waals surface area contributed by atoms with E-state index in [9.17, 15) is 14.4 Å². The lowest BCUT2D eigenvalue weighted by Crippen LogP contribution is -2.40. The first-order valence-electron chi connectivity index (χ1n) is 6.62. The van der Waals surface area contributed by atoms with Gasteiger partial charge in [-0.1, -0.05) is 0 Å². The number of imide groups is 1. The van der Waals surface area contributed by atoms with Crippen LogP contribution in [0.3, 0.4) is 0 Å². The predicted octanol–water partition coefficient (Wildman–Crippen LogP) is 1.98. The van der Waals surface area contributed by atoms with E-state index in [1.165, 1.54) is 11.3 Å². The SMILES string of the molecule is Cc1csc(C(C)NC(=O)NC(=O)CCCCC(=O)O)n1. The number of unbranched alkanes of at least 4 members (excludes halogenated alkanes) is 1. The third-order valence-electron chi connectivity index (χ3n) is 2.65. The monoisotopic (exact) mass is 313 g/mol. The zero-order valence-corrected chi connectivity index (χ0v) is 12.8. The maximum Gasteiger partial charge on any atom is 0.321 e. The van der Waals surface area contributed by atoms with Crippen molar-refractivity contribution in [1.29, 1.82) is 0 Å². The number of thiazole rings is 1. The molecule has 1 aromatic heterocycles. The minimum atomic E-state index is -0.888. The molecule has 21 heavy (non-hydrogen) atoms. The average Bonchev–Trinajstić information content (AvgIpc) is 2.81. The van der Waals surface area contributed by atoms with E-state index in [2.05, 4.69) is 15.6 Å². The van der Waals surface area contributed by atoms with Crippen molar-refractivity contribution in [3.63, 3.8) is 0 Å². The van der Waals surface area contributed by atoms with Gasteiger partial charge < -0.3 is 10.4 Å². The number of nitrogens with one attached hydrogen (secondary N) is 2. The molecule has 0 spiro atoms. The molecule has 116 valence electrons. The second-order valence-electron chi connectivity index (χ2n) is 4.67. The lowest BCUT2D eigenvalue weighted by Gasteiger charge is -2.11. The van der Waals surface area contributed by atoms with Gasteiger partial charge in [-0.25, -0.2) is 9.78 Å². The molecule has 0 aromatic carbocycles. The van der Waals surface area contributed by atoms with Gasteiger partial charge in [-0.15, -0.1) is 11.3 Å². The van der Waals surface area contributed by atoms with Crippen LogP contribution in [0.4, 0.5) is 4.79 Å². The Hall–Kier alpha value is -1.96. The van der Waals surface area contributed by atoms with Gasteiger partial charge in [0.15, 0.2) is 0 Å². The van der Waals surface area contributed by atoms with Gasteiger partial charge in [0.2, 0.25) is 5.91 Å². The van der Waals surface area contributed by atoms with Crippen molar-refractivity contribution in [2.45, 2.75) is 45.6 Å². The van der Waals surface area contributed by atoms with Crippen LogP contribution >= 0.6 is 11.3 Å². The van der Waals surface area contributed by atoms with Gasteiger partial charge in [-0.05, 0) is 26.7 Å². The molecule has 0 radical (unpaired) electrons. The van der Waals surface area contributed by atoms with E-state index < -0.39 is 17.9 Å². The number of hydrogen-bond donors (Lipinski definition) is 3. The van der Waals surface area contributed by atoms with Gasteiger partial charge in [0, 0.05) is 23.9 Å². The Morgan fingerprint density at radius 2 is 2.00 bits per heavy atom. The lowest BCUT2D eigenvalue weighted by molar-refractivity contribution is -0.137. The van der Waals surface area contributed by atoms with E-state index in [0.717, 1.165) is 10.7 Å². The van der Waals surface area contributed by atoms with Crippen molar-refractivity contribution < 1.29 is 19.5 Å². The number of amides is 3. The number of carboxylic acids is 1. The topological polar surface area (TPSA) is 108 Å². The Kier molecular flexibility index (Phi) is 6.80. The molecule has 0 saturated carbocycles. The van der Waals surface area contributed by atoms with Gasteiger partial charge in [-0.3, -0.25) is 14.9 Å². The summed E-state index contributed by atoms with van der Waals surface area (Å²) in [5.41, 5.74) is 0.888. The summed E-state index contributed by atoms with van der Waals surface area (Å²) in [4.78, 5) is 37.7. The minimum absolute atomic E-state index is 0.0277. The Balaban J connectivity index is 2.26. The second kappa shape index (κ2) is 8.35. The van der Waals surface area contributed by atoms with Crippen LogP contribution in [-0.2, 0) is 9.59 Å². The summed E-state index contributed by atoms with van der Waals surface area (Å²) in [6.07, 6.45) is 1.01. The van der Waals surface area contributed by atoms with E-state index in [4.69, 9.17) is 5.11 Å². The Morgan fingerprint density at radius 3 is 2.57 bits per heavy atom. The van der Waals surface area contributed by atoms with Crippen molar-refractivity contribution in [3.05, 3.63) is 16.1 Å². The molecule has 3 N–H and O–H groups in total. The first-order valence-corrected chi connectivity index (χ1v) is 7.50. The molecule has 0 aliphatic carbocycles. The highest BCUT2D eigenvalue weighted by molar-refractivity contribution is 7.09. The molecule has 0 aliphatic rings. The fraction of sp³-hybridized carbons (Fsp3) is 0.538. The predicted molar refractivity (Wildman–Crippen MR) is 78.0 cm³/mol. The number of carbonyl (C=O) groups excluding carboxylic acids is 2. The van der Waals surface area contributed by atoms with E-state index in [0.29, 0.717) is 12.8 Å². The van der Waals surface area contributed by atoms with Gasteiger partial charge in [0.1, 0.15) is 5.01 Å². The molecule has 0 aliphatic heterocycles. The van der Waals surface area contributed by atoms with Crippen LogP contribution in [0.2, 0.25) is 0 Å². The first kappa shape index (κ1) is 17.1. The zero-order chi connectivity index (χ0) is 15.8. The van der Waals surface area contributed by atoms with Crippen molar-refractivity contribution in [2.75, 3.05) is 0 Å². The summed E-state index contributed by atoms with van der Waals surface area (Å²) in [5, 5.41) is 16.0. The molecule has 0 saturated heterocycles. The largest absolute Gasteiger partial charge is 0.481 e. The van der Waals surface area contributed by atoms with Crippen LogP contribution in [0, 0.1) is 6.92 Å². The summed E-state index contributed by atoms with van der Waals surface area (Å²) in [7, 11) is 0. The molecule has 1 rings (SSSR count). The number of rotatable bonds is 7. The molecule has 7 nitrogen and oxygen atoms in total. The molecule has 8 heteroatoms. The normalized spacial score (nSPS) is 11.7. The third-order valence-corrected chi connectivity index (χ3v) is 3.80. The van der Waals surface area contributed by atoms with Crippen molar-refractivity contribution in [1.82, 2.24) is 15.6 Å². The van der Waals surface area contributed by atoms with Crippen LogP contribution in [0.15, 0.2) is 5.38 Å². The number of urea groups is 1. The Bertz CT molecular complexity index is 515. The van der Waals surface area contributed by atoms with Gasteiger partial charge in [-0.2, -0.15) is 0 Å². The summed E-state index contributed by atoms with van der Waals surface area (Å²) in [6.45, 7) is 3.66. The van der Waals surface area contributed by atoms with Crippen LogP contribution in [-0.4, -0.2) is 28.0 Å². The molecule has 1 heterocycles. The van der Waals surface area contributed by atoms with Crippen molar-refractivity contribution >= 4 is 29.2 Å². The third kappa shape index (κ3) is 6.84. The van der Waals surface area contributed by atoms with Crippen LogP contribution in [0.25, 0.3) is 0 Å². The minimum Gasteiger partial charge on any atom is -0.481 e. The highest BCUT2D eigenvalue weighted by Crippen LogP contribution is 2.17. The first-order chi connectivity index (χ1) is 9.88. The number of nitrogens with zero attached hydrogens (tertiary/aromatic N) is 1. The fourth-order valence-electron chi connectivity index (χ4n) is 1.62. The highest BCUT2D eigenvalue weighted by Gasteiger charge is 2.14. The zero-order valence-electron chi connectivity index (χ0n) is 12.0. The summed E-state index contributed by atoms with van der Waals surface area (Å²) in [5.74, 6) is -1.30. The quantitative estimate of drug-likeness (QED) is 0.667. The number of aromatic nitrogens is 1. The molecular weight excluding hydrogens is 294 g/mol. The molecule has 0 fully saturated rings. The smallest absolute Gasteiger partial charge is 0.321 e. The number of aryl methyl sites for hydroxylation is 1. The maximum absolute atomic E-state index is 11.6. The fourth-order valence-corrected chi connectivity index (χ4v) is 2.42. The summed E-state index contributed by atoms with van der Waals surface area (Å²) >= 11 is 1.44. The maximum atomic E-state index is 11.6. The molecule has 1 aromatic rings. The standard InChI is InChI=1S/C13H19N3O4S/c1-8-7-21-12(14-8)9(2)15-13(20)16-10(17)5-3-4-6-11(18)19/h7,9H,3-6H2,1-2H3,(H,18,19)(H2,15,16,17,20). The number of carboxylic acid groups (broad SMARTS) is 1. The van der Waals surface area contributed by atoms with Gasteiger partial charge >= 0.3 is 12.0 Å². The van der Waals surface area contributed by atoms with Gasteiger partial charge in [0.25, 0.3) is 0 Å². The summed E-state index contributed by atoms with van der Waals surface area (Å²) < 4.78 is 0. The highest BCUT2D eigenvalue weighted by atomic mass is 32.1. The van der Waals surface area contributed by atoms with Crippen molar-refractivity contribution in [2.24, 2.45) is 0 Å². The summed E-state index contributed by atoms with van der Waals surface area (Å²) in [6, 6.07) is -0.845. The molecule has 1 atom stereocenters. The number of carbonyl (C=O) groups is 3. The second-order valence-corrected chi connectivity index (χ2v) is 5.56. The van der Waals surface area contributed by atoms with E-state index in [1.54, 1.807) is 6.92 Å². The molecule has 3 amide bonds. The van der Waals surface area contributed by atoms with E-state index >= 15 is 0 Å². The lowest BCUT2D eigenvalue weighted by atomic mass is 10.2. The van der Waals surface area contributed by atoms with E-state index in [-0.39, 0.29) is 18.9 Å². The number of hydrogen-bond acceptors (Lipinski definition) is 5. The average molecular weight is 313 g/mol. The Morgan fingerprint density at radius 1 is 1.33 bits per heavy atom. The molecule has 0 bridgehead atoms. The molecular formula is C13H19N3O4S. The van der Waals surface area contributed by atoms with Crippen LogP contribution in [0.1, 0.15) is 49.4 Å². The molecule has 1 unspecified atom stereocenters. The van der Waals surface area contributed by atoms with Crippen molar-refractivity contribution in [3.8, 4) is 0 Å². The Labute approximate surface area is 126 Å². The van der Waals surface area contributed by atoms with E-state index in [1.807, 2.05) is 12.3 Å². The van der Waals surface area contributed by atoms with Crippen LogP contribution < -0.4 is 10.6 Å². The van der Waals surface area contributed by atoms with Crippen LogP contribution in [0.5, 0.6) is 0 Å². The number of aliphatic carboxylic acids is 1.